The average molecular weight is 317 g/mol. The lowest BCUT2D eigenvalue weighted by Gasteiger charge is -2.34. The van der Waals surface area contributed by atoms with Crippen LogP contribution in [0.4, 0.5) is 0 Å². The summed E-state index contributed by atoms with van der Waals surface area (Å²) in [4.78, 5) is 28.5. The van der Waals surface area contributed by atoms with Gasteiger partial charge in [-0.15, -0.1) is 0 Å². The van der Waals surface area contributed by atoms with E-state index in [0.717, 1.165) is 6.41 Å². The highest BCUT2D eigenvalue weighted by atomic mass is 32.2. The lowest BCUT2D eigenvalue weighted by atomic mass is 10.2. The van der Waals surface area contributed by atoms with Gasteiger partial charge in [-0.1, -0.05) is 0 Å². The molecule has 7 nitrogen and oxygen atoms in total. The Hall–Kier alpha value is -1.15. The van der Waals surface area contributed by atoms with Crippen molar-refractivity contribution in [3.05, 3.63) is 0 Å². The molecule has 2 fully saturated rings. The van der Waals surface area contributed by atoms with Gasteiger partial charge < -0.3 is 9.80 Å². The van der Waals surface area contributed by atoms with Gasteiger partial charge in [0.15, 0.2) is 9.84 Å². The van der Waals surface area contributed by atoms with Crippen molar-refractivity contribution < 1.29 is 18.0 Å². The van der Waals surface area contributed by atoms with Crippen molar-refractivity contribution in [3.63, 3.8) is 0 Å². The van der Waals surface area contributed by atoms with Crippen molar-refractivity contribution in [2.24, 2.45) is 0 Å². The first-order chi connectivity index (χ1) is 9.95. The smallest absolute Gasteiger partial charge is 0.237 e. The molecule has 1 unspecified atom stereocenters. The minimum absolute atomic E-state index is 0.0147. The van der Waals surface area contributed by atoms with Crippen molar-refractivity contribution in [3.8, 4) is 0 Å². The van der Waals surface area contributed by atoms with Crippen LogP contribution in [0.25, 0.3) is 0 Å². The molecule has 2 heterocycles. The molecule has 2 aliphatic heterocycles. The summed E-state index contributed by atoms with van der Waals surface area (Å²) in [5.41, 5.74) is 0. The molecule has 8 heteroatoms. The molecule has 0 aromatic rings. The van der Waals surface area contributed by atoms with Gasteiger partial charge in [-0.3, -0.25) is 14.5 Å². The highest BCUT2D eigenvalue weighted by molar-refractivity contribution is 7.91. The van der Waals surface area contributed by atoms with Crippen LogP contribution in [-0.4, -0.2) is 92.3 Å². The second-order valence-corrected chi connectivity index (χ2v) is 7.88. The second kappa shape index (κ2) is 6.74. The molecule has 0 N–H and O–H groups in total. The van der Waals surface area contributed by atoms with Crippen LogP contribution in [-0.2, 0) is 19.4 Å². The number of likely N-dealkylation sites (N-methyl/N-ethyl adjacent to an activating group) is 1. The molecule has 0 aliphatic carbocycles. The van der Waals surface area contributed by atoms with Crippen LogP contribution in [0.2, 0.25) is 0 Å². The fourth-order valence-corrected chi connectivity index (χ4v) is 4.70. The highest BCUT2D eigenvalue weighted by Crippen LogP contribution is 2.18. The van der Waals surface area contributed by atoms with Crippen molar-refractivity contribution in [1.29, 1.82) is 0 Å². The van der Waals surface area contributed by atoms with Gasteiger partial charge in [-0.25, -0.2) is 8.42 Å². The van der Waals surface area contributed by atoms with Gasteiger partial charge in [0.2, 0.25) is 12.3 Å². The summed E-state index contributed by atoms with van der Waals surface area (Å²) >= 11 is 0. The topological polar surface area (TPSA) is 78.0 Å². The van der Waals surface area contributed by atoms with E-state index in [0.29, 0.717) is 45.7 Å². The first-order valence-corrected chi connectivity index (χ1v) is 9.19. The maximum Gasteiger partial charge on any atom is 0.237 e. The molecule has 0 saturated carbocycles. The summed E-state index contributed by atoms with van der Waals surface area (Å²) in [6, 6.07) is -0.177. The standard InChI is InChI=1S/C13H23N3O4S/c1-2-16(12-3-8-21(19,20)10-12)13(18)9-14-4-6-15(11-17)7-5-14/h11-12H,2-10H2,1H3. The van der Waals surface area contributed by atoms with E-state index in [1.165, 1.54) is 0 Å². The molecule has 2 amide bonds. The zero-order chi connectivity index (χ0) is 15.5. The number of rotatable bonds is 5. The number of sulfone groups is 1. The van der Waals surface area contributed by atoms with Crippen LogP contribution in [0.3, 0.4) is 0 Å². The number of amides is 2. The lowest BCUT2D eigenvalue weighted by Crippen LogP contribution is -2.51. The van der Waals surface area contributed by atoms with E-state index < -0.39 is 9.84 Å². The van der Waals surface area contributed by atoms with Crippen molar-refractivity contribution in [1.82, 2.24) is 14.7 Å². The van der Waals surface area contributed by atoms with Gasteiger partial charge in [0, 0.05) is 38.8 Å². The molecular formula is C13H23N3O4S. The number of carbonyl (C=O) groups excluding carboxylic acids is 2. The van der Waals surface area contributed by atoms with Crippen LogP contribution in [0.1, 0.15) is 13.3 Å². The summed E-state index contributed by atoms with van der Waals surface area (Å²) in [6.45, 7) is 5.37. The minimum atomic E-state index is -2.98. The first kappa shape index (κ1) is 16.2. The zero-order valence-electron chi connectivity index (χ0n) is 12.4. The van der Waals surface area contributed by atoms with E-state index in [2.05, 4.69) is 0 Å². The quantitative estimate of drug-likeness (QED) is 0.595. The Morgan fingerprint density at radius 1 is 1.29 bits per heavy atom. The normalized spacial score (nSPS) is 25.8. The molecule has 1 atom stereocenters. The van der Waals surface area contributed by atoms with Crippen LogP contribution in [0.15, 0.2) is 0 Å². The third kappa shape index (κ3) is 4.16. The first-order valence-electron chi connectivity index (χ1n) is 7.37. The van der Waals surface area contributed by atoms with E-state index in [1.54, 1.807) is 9.80 Å². The molecule has 0 spiro atoms. The maximum atomic E-state index is 12.4. The SMILES string of the molecule is CCN(C(=O)CN1CCN(C=O)CC1)C1CCS(=O)(=O)C1. The van der Waals surface area contributed by atoms with Gasteiger partial charge in [-0.05, 0) is 13.3 Å². The number of piperazine rings is 1. The van der Waals surface area contributed by atoms with Gasteiger partial charge in [-0.2, -0.15) is 0 Å². The number of hydrogen-bond acceptors (Lipinski definition) is 5. The molecule has 0 aromatic carbocycles. The van der Waals surface area contributed by atoms with E-state index in [1.807, 2.05) is 11.8 Å². The van der Waals surface area contributed by atoms with Gasteiger partial charge in [0.1, 0.15) is 0 Å². The molecule has 2 aliphatic rings. The van der Waals surface area contributed by atoms with Gasteiger partial charge in [0.05, 0.1) is 18.1 Å². The van der Waals surface area contributed by atoms with Crippen molar-refractivity contribution in [2.45, 2.75) is 19.4 Å². The number of hydrogen-bond donors (Lipinski definition) is 0. The fourth-order valence-electron chi connectivity index (χ4n) is 2.97. The summed E-state index contributed by atoms with van der Waals surface area (Å²) in [5, 5.41) is 0. The third-order valence-electron chi connectivity index (χ3n) is 4.23. The summed E-state index contributed by atoms with van der Waals surface area (Å²) < 4.78 is 23.1. The van der Waals surface area contributed by atoms with Gasteiger partial charge in [0.25, 0.3) is 0 Å². The molecule has 2 saturated heterocycles. The molecule has 0 radical (unpaired) electrons. The largest absolute Gasteiger partial charge is 0.343 e. The average Bonchev–Trinajstić information content (AvgIpc) is 2.80. The molecule has 0 aromatic heterocycles. The molecule has 2 rings (SSSR count). The third-order valence-corrected chi connectivity index (χ3v) is 5.98. The van der Waals surface area contributed by atoms with E-state index >= 15 is 0 Å². The zero-order valence-corrected chi connectivity index (χ0v) is 13.2. The second-order valence-electron chi connectivity index (χ2n) is 5.65. The lowest BCUT2D eigenvalue weighted by molar-refractivity contribution is -0.134. The Kier molecular flexibility index (Phi) is 5.21. The highest BCUT2D eigenvalue weighted by Gasteiger charge is 2.34. The molecule has 120 valence electrons. The predicted molar refractivity (Wildman–Crippen MR) is 78.5 cm³/mol. The van der Waals surface area contributed by atoms with Crippen molar-refractivity contribution >= 4 is 22.2 Å². The number of nitrogens with zero attached hydrogens (tertiary/aromatic N) is 3. The van der Waals surface area contributed by atoms with Crippen LogP contribution >= 0.6 is 0 Å². The Bertz CT molecular complexity index is 486. The maximum absolute atomic E-state index is 12.4. The van der Waals surface area contributed by atoms with E-state index in [-0.39, 0.29) is 23.5 Å². The van der Waals surface area contributed by atoms with Crippen LogP contribution < -0.4 is 0 Å². The number of carbonyl (C=O) groups is 2. The molecule has 21 heavy (non-hydrogen) atoms. The van der Waals surface area contributed by atoms with E-state index in [4.69, 9.17) is 0 Å². The molecular weight excluding hydrogens is 294 g/mol. The summed E-state index contributed by atoms with van der Waals surface area (Å²) in [7, 11) is -2.98. The van der Waals surface area contributed by atoms with Crippen LogP contribution in [0.5, 0.6) is 0 Å². The predicted octanol–water partition coefficient (Wildman–Crippen LogP) is -1.20. The Morgan fingerprint density at radius 2 is 1.95 bits per heavy atom. The Labute approximate surface area is 125 Å². The fraction of sp³-hybridized carbons (Fsp3) is 0.846. The Balaban J connectivity index is 1.88. The molecule has 0 bridgehead atoms. The Morgan fingerprint density at radius 3 is 2.43 bits per heavy atom. The minimum Gasteiger partial charge on any atom is -0.343 e. The van der Waals surface area contributed by atoms with Gasteiger partial charge >= 0.3 is 0 Å². The summed E-state index contributed by atoms with van der Waals surface area (Å²) in [5.74, 6) is 0.254. The van der Waals surface area contributed by atoms with Crippen molar-refractivity contribution in [2.75, 3.05) is 50.8 Å². The monoisotopic (exact) mass is 317 g/mol. The summed E-state index contributed by atoms with van der Waals surface area (Å²) in [6.07, 6.45) is 1.38. The van der Waals surface area contributed by atoms with Crippen LogP contribution in [0, 0.1) is 0 Å². The van der Waals surface area contributed by atoms with E-state index in [9.17, 15) is 18.0 Å².